The maximum Gasteiger partial charge on any atom is 0.140 e. The maximum atomic E-state index is 5.36. The lowest BCUT2D eigenvalue weighted by atomic mass is 9.90. The number of hydrogen-bond donors (Lipinski definition) is 0. The summed E-state index contributed by atoms with van der Waals surface area (Å²) in [4.78, 5) is 10.6. The van der Waals surface area contributed by atoms with E-state index < -0.39 is 0 Å². The summed E-state index contributed by atoms with van der Waals surface area (Å²) in [6.45, 7) is 0. The Morgan fingerprint density at radius 2 is 1.20 bits per heavy atom. The van der Waals surface area contributed by atoms with Gasteiger partial charge in [0.1, 0.15) is 5.82 Å². The monoisotopic (exact) mass is 635 g/mol. The summed E-state index contributed by atoms with van der Waals surface area (Å²) in [7, 11) is 0. The number of rotatable bonds is 3. The molecule has 1 unspecified atom stereocenters. The number of hydrogen-bond acceptors (Lipinski definition) is 2. The van der Waals surface area contributed by atoms with Crippen LogP contribution >= 0.6 is 0 Å². The smallest absolute Gasteiger partial charge is 0.140 e. The molecule has 0 radical (unpaired) electrons. The summed E-state index contributed by atoms with van der Waals surface area (Å²) in [6.07, 6.45) is 2.02. The highest BCUT2D eigenvalue weighted by Crippen LogP contribution is 2.55. The highest BCUT2D eigenvalue weighted by atomic mass is 15.0. The molecule has 11 rings (SSSR count). The van der Waals surface area contributed by atoms with Gasteiger partial charge in [0.05, 0.1) is 22.5 Å². The Balaban J connectivity index is 1.19. The minimum Gasteiger partial charge on any atom is -0.309 e. The van der Waals surface area contributed by atoms with Crippen LogP contribution in [-0.2, 0) is 0 Å². The molecule has 10 aromatic rings. The third-order valence-corrected chi connectivity index (χ3v) is 10.6. The maximum absolute atomic E-state index is 5.36. The molecular weight excluding hydrogens is 607 g/mol. The van der Waals surface area contributed by atoms with Crippen LogP contribution in [0.4, 0.5) is 0 Å². The lowest BCUT2D eigenvalue weighted by Crippen LogP contribution is -2.07. The first kappa shape index (κ1) is 27.4. The van der Waals surface area contributed by atoms with Crippen LogP contribution in [0.25, 0.3) is 82.2 Å². The Kier molecular flexibility index (Phi) is 5.73. The molecular formula is C47H29N3. The van der Waals surface area contributed by atoms with Gasteiger partial charge in [-0.3, -0.25) is 0 Å². The van der Waals surface area contributed by atoms with Gasteiger partial charge >= 0.3 is 0 Å². The second kappa shape index (κ2) is 10.5. The van der Waals surface area contributed by atoms with E-state index in [0.717, 1.165) is 28.0 Å². The molecule has 2 heterocycles. The zero-order valence-electron chi connectivity index (χ0n) is 27.1. The molecule has 3 heteroatoms. The van der Waals surface area contributed by atoms with Gasteiger partial charge in [0.2, 0.25) is 0 Å². The molecule has 0 spiro atoms. The van der Waals surface area contributed by atoms with Gasteiger partial charge in [0.25, 0.3) is 0 Å². The molecule has 1 aliphatic carbocycles. The van der Waals surface area contributed by atoms with Crippen LogP contribution in [-0.4, -0.2) is 14.5 Å². The Hall–Kier alpha value is -6.58. The Labute approximate surface area is 288 Å². The molecule has 0 fully saturated rings. The highest BCUT2D eigenvalue weighted by molar-refractivity contribution is 6.26. The van der Waals surface area contributed by atoms with Gasteiger partial charge < -0.3 is 4.57 Å². The molecule has 0 amide bonds. The summed E-state index contributed by atoms with van der Waals surface area (Å²) < 4.78 is 2.46. The van der Waals surface area contributed by atoms with Crippen molar-refractivity contribution >= 4 is 54.3 Å². The zero-order chi connectivity index (χ0) is 32.8. The molecule has 8 aromatic carbocycles. The van der Waals surface area contributed by atoms with Crippen LogP contribution in [0.2, 0.25) is 0 Å². The van der Waals surface area contributed by atoms with E-state index in [9.17, 15) is 0 Å². The topological polar surface area (TPSA) is 30.7 Å². The van der Waals surface area contributed by atoms with E-state index in [1.165, 1.54) is 71.2 Å². The average Bonchev–Trinajstić information content (AvgIpc) is 3.72. The second-order valence-electron chi connectivity index (χ2n) is 13.3. The standard InChI is InChI=1S/C47H29N3/c1-2-14-34(15-3-1)50-41-21-11-10-20-39(41)43-37-18-8-6-16-35(37)42-36-17-7-9-19-38(36)44(45(42)46(43)50)47-48-28-33-27-32(24-25-40(33)49-47)31-23-22-29-12-4-5-13-30(29)26-31/h1-28,44H. The van der Waals surface area contributed by atoms with Gasteiger partial charge in [-0.15, -0.1) is 0 Å². The molecule has 2 aromatic heterocycles. The fourth-order valence-corrected chi connectivity index (χ4v) is 8.50. The zero-order valence-corrected chi connectivity index (χ0v) is 27.1. The highest BCUT2D eigenvalue weighted by Gasteiger charge is 2.37. The number of nitrogens with zero attached hydrogens (tertiary/aromatic N) is 3. The molecule has 50 heavy (non-hydrogen) atoms. The SMILES string of the molecule is c1ccc(-n2c3ccccc3c3c4ccccc4c4c(c32)C(c2ncc3cc(-c5ccc6ccccc6c5)ccc3n2)c2ccccc2-4)cc1. The molecule has 3 nitrogen and oxygen atoms in total. The third-order valence-electron chi connectivity index (χ3n) is 10.6. The normalized spacial score (nSPS) is 13.8. The summed E-state index contributed by atoms with van der Waals surface area (Å²) in [5.74, 6) is 0.688. The predicted octanol–water partition coefficient (Wildman–Crippen LogP) is 11.9. The summed E-state index contributed by atoms with van der Waals surface area (Å²) in [5.41, 5.74) is 11.9. The van der Waals surface area contributed by atoms with E-state index >= 15 is 0 Å². The largest absolute Gasteiger partial charge is 0.309 e. The van der Waals surface area contributed by atoms with Crippen LogP contribution in [0.15, 0.2) is 170 Å². The Morgan fingerprint density at radius 1 is 0.520 bits per heavy atom. The molecule has 0 N–H and O–H groups in total. The second-order valence-corrected chi connectivity index (χ2v) is 13.3. The lowest BCUT2D eigenvalue weighted by molar-refractivity contribution is 0.890. The van der Waals surface area contributed by atoms with Gasteiger partial charge in [-0.1, -0.05) is 127 Å². The van der Waals surface area contributed by atoms with Crippen LogP contribution in [0.1, 0.15) is 22.9 Å². The van der Waals surface area contributed by atoms with Crippen molar-refractivity contribution in [3.05, 3.63) is 187 Å². The molecule has 0 bridgehead atoms. The molecule has 0 saturated carbocycles. The van der Waals surface area contributed by atoms with E-state index in [-0.39, 0.29) is 5.92 Å². The van der Waals surface area contributed by atoms with Crippen molar-refractivity contribution in [2.24, 2.45) is 0 Å². The van der Waals surface area contributed by atoms with Crippen LogP contribution in [0.5, 0.6) is 0 Å². The van der Waals surface area contributed by atoms with E-state index in [0.29, 0.717) is 0 Å². The minimum atomic E-state index is -0.135. The predicted molar refractivity (Wildman–Crippen MR) is 207 cm³/mol. The fraction of sp³-hybridized carbons (Fsp3) is 0.0213. The van der Waals surface area contributed by atoms with Crippen molar-refractivity contribution in [2.75, 3.05) is 0 Å². The van der Waals surface area contributed by atoms with Gasteiger partial charge in [-0.25, -0.2) is 9.97 Å². The molecule has 0 saturated heterocycles. The van der Waals surface area contributed by atoms with Crippen molar-refractivity contribution in [3.8, 4) is 27.9 Å². The van der Waals surface area contributed by atoms with Crippen LogP contribution < -0.4 is 0 Å². The van der Waals surface area contributed by atoms with E-state index in [1.54, 1.807) is 0 Å². The first-order valence-electron chi connectivity index (χ1n) is 17.2. The van der Waals surface area contributed by atoms with Crippen molar-refractivity contribution in [3.63, 3.8) is 0 Å². The Morgan fingerprint density at radius 3 is 2.08 bits per heavy atom. The number of para-hydroxylation sites is 2. The van der Waals surface area contributed by atoms with E-state index in [2.05, 4.69) is 168 Å². The number of benzene rings is 8. The lowest BCUT2D eigenvalue weighted by Gasteiger charge is -2.18. The van der Waals surface area contributed by atoms with Gasteiger partial charge in [-0.05, 0) is 85.8 Å². The number of aromatic nitrogens is 3. The molecule has 1 aliphatic rings. The van der Waals surface area contributed by atoms with Crippen LogP contribution in [0, 0.1) is 0 Å². The first-order chi connectivity index (χ1) is 24.8. The molecule has 0 aliphatic heterocycles. The first-order valence-corrected chi connectivity index (χ1v) is 17.2. The van der Waals surface area contributed by atoms with Crippen molar-refractivity contribution in [2.45, 2.75) is 5.92 Å². The quantitative estimate of drug-likeness (QED) is 0.193. The van der Waals surface area contributed by atoms with Gasteiger partial charge in [0, 0.05) is 33.6 Å². The summed E-state index contributed by atoms with van der Waals surface area (Å²) >= 11 is 0. The van der Waals surface area contributed by atoms with Gasteiger partial charge in [0.15, 0.2) is 0 Å². The minimum absolute atomic E-state index is 0.135. The van der Waals surface area contributed by atoms with E-state index in [4.69, 9.17) is 9.97 Å². The van der Waals surface area contributed by atoms with Gasteiger partial charge in [-0.2, -0.15) is 0 Å². The summed E-state index contributed by atoms with van der Waals surface area (Å²) in [5, 5.41) is 8.58. The van der Waals surface area contributed by atoms with Crippen molar-refractivity contribution in [1.82, 2.24) is 14.5 Å². The molecule has 1 atom stereocenters. The van der Waals surface area contributed by atoms with Crippen molar-refractivity contribution < 1.29 is 0 Å². The Bertz CT molecular complexity index is 2990. The fourth-order valence-electron chi connectivity index (χ4n) is 8.50. The average molecular weight is 636 g/mol. The third kappa shape index (κ3) is 3.86. The molecule has 232 valence electrons. The summed E-state index contributed by atoms with van der Waals surface area (Å²) in [6, 6.07) is 59.1. The number of fused-ring (bicyclic) bond motifs is 12. The van der Waals surface area contributed by atoms with Crippen molar-refractivity contribution in [1.29, 1.82) is 0 Å². The van der Waals surface area contributed by atoms with Crippen LogP contribution in [0.3, 0.4) is 0 Å². The van der Waals surface area contributed by atoms with E-state index in [1.807, 2.05) is 6.20 Å².